The zero-order valence-electron chi connectivity index (χ0n) is 11.7. The zero-order chi connectivity index (χ0) is 17.9. The fourth-order valence-electron chi connectivity index (χ4n) is 1.72. The number of aromatic amines is 1. The van der Waals surface area contributed by atoms with Crippen LogP contribution in [0.4, 0.5) is 18.9 Å². The number of amides is 1. The van der Waals surface area contributed by atoms with E-state index in [9.17, 15) is 22.8 Å². The minimum Gasteiger partial charge on any atom is -0.327 e. The Kier molecular flexibility index (Phi) is 5.36. The van der Waals surface area contributed by atoms with Crippen molar-refractivity contribution in [3.05, 3.63) is 68.1 Å². The SMILES string of the molecule is O=C(C=Cc1cc(Cl)ccc1Cl)Nc1cc(C(F)(F)F)c[nH]c1=O. The summed E-state index contributed by atoms with van der Waals surface area (Å²) in [5, 5.41) is 2.81. The first-order chi connectivity index (χ1) is 11.2. The Bertz CT molecular complexity index is 861. The van der Waals surface area contributed by atoms with Crippen molar-refractivity contribution < 1.29 is 18.0 Å². The highest BCUT2D eigenvalue weighted by molar-refractivity contribution is 6.34. The molecule has 0 saturated heterocycles. The van der Waals surface area contributed by atoms with Gasteiger partial charge in [-0.1, -0.05) is 23.2 Å². The van der Waals surface area contributed by atoms with Gasteiger partial charge in [-0.05, 0) is 35.9 Å². The lowest BCUT2D eigenvalue weighted by Gasteiger charge is -2.08. The number of carbonyl (C=O) groups excluding carboxylic acids is 1. The number of hydrogen-bond donors (Lipinski definition) is 2. The predicted octanol–water partition coefficient (Wildman–Crippen LogP) is 4.35. The summed E-state index contributed by atoms with van der Waals surface area (Å²) >= 11 is 11.7. The van der Waals surface area contributed by atoms with E-state index in [0.29, 0.717) is 27.9 Å². The molecule has 0 aliphatic carbocycles. The van der Waals surface area contributed by atoms with Crippen molar-refractivity contribution in [1.29, 1.82) is 0 Å². The van der Waals surface area contributed by atoms with Gasteiger partial charge in [0.15, 0.2) is 0 Å². The maximum absolute atomic E-state index is 12.6. The standard InChI is InChI=1S/C15H9Cl2F3N2O2/c16-10-2-3-11(17)8(5-10)1-4-13(23)22-12-6-9(15(18,19)20)7-21-14(12)24/h1-7H,(H,21,24)(H,22,23). The molecular formula is C15H9Cl2F3N2O2. The van der Waals surface area contributed by atoms with Crippen molar-refractivity contribution in [1.82, 2.24) is 4.98 Å². The molecule has 9 heteroatoms. The number of benzene rings is 1. The third-order valence-electron chi connectivity index (χ3n) is 2.86. The van der Waals surface area contributed by atoms with Crippen LogP contribution >= 0.6 is 23.2 Å². The Morgan fingerprint density at radius 3 is 2.58 bits per heavy atom. The molecule has 2 aromatic rings. The van der Waals surface area contributed by atoms with Crippen molar-refractivity contribution in [3.63, 3.8) is 0 Å². The van der Waals surface area contributed by atoms with Gasteiger partial charge in [-0.3, -0.25) is 9.59 Å². The molecule has 0 bridgehead atoms. The van der Waals surface area contributed by atoms with Crippen LogP contribution in [0.1, 0.15) is 11.1 Å². The third-order valence-corrected chi connectivity index (χ3v) is 3.44. The minimum atomic E-state index is -4.65. The van der Waals surface area contributed by atoms with E-state index < -0.39 is 28.9 Å². The monoisotopic (exact) mass is 376 g/mol. The number of pyridine rings is 1. The number of rotatable bonds is 3. The second-order valence-corrected chi connectivity index (χ2v) is 5.46. The Balaban J connectivity index is 2.19. The minimum absolute atomic E-state index is 0.334. The van der Waals surface area contributed by atoms with Gasteiger partial charge < -0.3 is 10.3 Å². The van der Waals surface area contributed by atoms with Crippen molar-refractivity contribution in [3.8, 4) is 0 Å². The first kappa shape index (κ1) is 18.1. The lowest BCUT2D eigenvalue weighted by molar-refractivity contribution is -0.137. The number of carbonyl (C=O) groups is 1. The molecule has 0 fully saturated rings. The molecule has 1 amide bonds. The Hall–Kier alpha value is -2.25. The third kappa shape index (κ3) is 4.62. The van der Waals surface area contributed by atoms with Gasteiger partial charge >= 0.3 is 6.18 Å². The number of halogens is 5. The van der Waals surface area contributed by atoms with Crippen LogP contribution in [0.25, 0.3) is 6.08 Å². The molecule has 1 heterocycles. The fourth-order valence-corrected chi connectivity index (χ4v) is 2.08. The van der Waals surface area contributed by atoms with Gasteiger partial charge in [0.25, 0.3) is 5.56 Å². The number of alkyl halides is 3. The molecule has 4 nitrogen and oxygen atoms in total. The number of nitrogens with one attached hydrogen (secondary N) is 2. The van der Waals surface area contributed by atoms with Gasteiger partial charge in [-0.2, -0.15) is 13.2 Å². The Morgan fingerprint density at radius 1 is 1.21 bits per heavy atom. The van der Waals surface area contributed by atoms with Crippen LogP contribution in [0.2, 0.25) is 10.0 Å². The maximum atomic E-state index is 12.6. The fraction of sp³-hybridized carbons (Fsp3) is 0.0667. The lowest BCUT2D eigenvalue weighted by Crippen LogP contribution is -2.20. The summed E-state index contributed by atoms with van der Waals surface area (Å²) in [6.45, 7) is 0. The quantitative estimate of drug-likeness (QED) is 0.782. The molecule has 0 spiro atoms. The summed E-state index contributed by atoms with van der Waals surface area (Å²) in [5.41, 5.74) is -2.02. The number of anilines is 1. The van der Waals surface area contributed by atoms with Crippen LogP contribution in [0.5, 0.6) is 0 Å². The average Bonchev–Trinajstić information content (AvgIpc) is 2.49. The van der Waals surface area contributed by atoms with Crippen molar-refractivity contribution in [2.24, 2.45) is 0 Å². The van der Waals surface area contributed by atoms with E-state index in [-0.39, 0.29) is 0 Å². The smallest absolute Gasteiger partial charge is 0.327 e. The molecule has 0 aliphatic heterocycles. The number of aromatic nitrogens is 1. The van der Waals surface area contributed by atoms with E-state index in [0.717, 1.165) is 6.08 Å². The predicted molar refractivity (Wildman–Crippen MR) is 86.2 cm³/mol. The van der Waals surface area contributed by atoms with Crippen LogP contribution in [-0.2, 0) is 11.0 Å². The molecule has 0 radical (unpaired) electrons. The summed E-state index contributed by atoms with van der Waals surface area (Å²) in [6, 6.07) is 5.14. The highest BCUT2D eigenvalue weighted by Crippen LogP contribution is 2.29. The molecule has 1 aromatic heterocycles. The van der Waals surface area contributed by atoms with E-state index in [1.165, 1.54) is 18.2 Å². The van der Waals surface area contributed by atoms with Gasteiger partial charge in [-0.15, -0.1) is 0 Å². The van der Waals surface area contributed by atoms with Crippen molar-refractivity contribution >= 4 is 40.9 Å². The van der Waals surface area contributed by atoms with Crippen LogP contribution in [0.15, 0.2) is 41.3 Å². The van der Waals surface area contributed by atoms with Crippen LogP contribution in [0.3, 0.4) is 0 Å². The van der Waals surface area contributed by atoms with E-state index in [1.807, 2.05) is 4.98 Å². The molecule has 2 N–H and O–H groups in total. The summed E-state index contributed by atoms with van der Waals surface area (Å²) < 4.78 is 37.8. The van der Waals surface area contributed by atoms with E-state index >= 15 is 0 Å². The molecular weight excluding hydrogens is 368 g/mol. The Labute approximate surface area is 143 Å². The van der Waals surface area contributed by atoms with Crippen molar-refractivity contribution in [2.45, 2.75) is 6.18 Å². The lowest BCUT2D eigenvalue weighted by atomic mass is 10.2. The van der Waals surface area contributed by atoms with Crippen LogP contribution < -0.4 is 10.9 Å². The normalized spacial score (nSPS) is 11.7. The van der Waals surface area contributed by atoms with Gasteiger partial charge in [0.2, 0.25) is 5.91 Å². The second kappa shape index (κ2) is 7.11. The molecule has 0 atom stereocenters. The van der Waals surface area contributed by atoms with Crippen molar-refractivity contribution in [2.75, 3.05) is 5.32 Å². The van der Waals surface area contributed by atoms with Gasteiger partial charge in [0.05, 0.1) is 5.56 Å². The summed E-state index contributed by atoms with van der Waals surface area (Å²) in [6.07, 6.45) is -1.77. The molecule has 24 heavy (non-hydrogen) atoms. The van der Waals surface area contributed by atoms with Crippen LogP contribution in [-0.4, -0.2) is 10.9 Å². The molecule has 1 aromatic carbocycles. The maximum Gasteiger partial charge on any atom is 0.417 e. The van der Waals surface area contributed by atoms with Crippen LogP contribution in [0, 0.1) is 0 Å². The van der Waals surface area contributed by atoms with E-state index in [2.05, 4.69) is 5.32 Å². The van der Waals surface area contributed by atoms with Gasteiger partial charge in [-0.25, -0.2) is 0 Å². The molecule has 0 saturated carbocycles. The zero-order valence-corrected chi connectivity index (χ0v) is 13.3. The highest BCUT2D eigenvalue weighted by Gasteiger charge is 2.31. The number of hydrogen-bond acceptors (Lipinski definition) is 2. The second-order valence-electron chi connectivity index (χ2n) is 4.62. The Morgan fingerprint density at radius 2 is 1.92 bits per heavy atom. The largest absolute Gasteiger partial charge is 0.417 e. The first-order valence-corrected chi connectivity index (χ1v) is 7.16. The average molecular weight is 377 g/mol. The first-order valence-electron chi connectivity index (χ1n) is 6.41. The van der Waals surface area contributed by atoms with Gasteiger partial charge in [0, 0.05) is 22.3 Å². The van der Waals surface area contributed by atoms with E-state index in [1.54, 1.807) is 6.07 Å². The van der Waals surface area contributed by atoms with Gasteiger partial charge in [0.1, 0.15) is 5.69 Å². The summed E-state index contributed by atoms with van der Waals surface area (Å²) in [5.74, 6) is -0.795. The summed E-state index contributed by atoms with van der Waals surface area (Å²) in [7, 11) is 0. The molecule has 0 unspecified atom stereocenters. The molecule has 0 aliphatic rings. The highest BCUT2D eigenvalue weighted by atomic mass is 35.5. The molecule has 2 rings (SSSR count). The molecule has 126 valence electrons. The summed E-state index contributed by atoms with van der Waals surface area (Å²) in [4.78, 5) is 25.2. The number of H-pyrrole nitrogens is 1. The topological polar surface area (TPSA) is 62.0 Å². The van der Waals surface area contributed by atoms with E-state index in [4.69, 9.17) is 23.2 Å².